The number of hydrogen-bond acceptors (Lipinski definition) is 0. The Labute approximate surface area is 101 Å². The number of hydrogen-bond donors (Lipinski definition) is 0. The maximum atomic E-state index is 3.66. The molecule has 1 aliphatic carbocycles. The Morgan fingerprint density at radius 2 is 1.75 bits per heavy atom. The average Bonchev–Trinajstić information content (AvgIpc) is 2.97. The van der Waals surface area contributed by atoms with E-state index in [0.717, 1.165) is 5.92 Å². The van der Waals surface area contributed by atoms with E-state index in [2.05, 4.69) is 25.7 Å². The van der Waals surface area contributed by atoms with Crippen molar-refractivity contribution in [2.24, 2.45) is 5.92 Å². The molecule has 1 rings (SSSR count). The third kappa shape index (κ3) is 6.66. The van der Waals surface area contributed by atoms with Gasteiger partial charge in [0.15, 0.2) is 0 Å². The predicted octanol–water partition coefficient (Wildman–Crippen LogP) is 5.43. The van der Waals surface area contributed by atoms with E-state index in [4.69, 9.17) is 0 Å². The zero-order chi connectivity index (χ0) is 11.6. The van der Waals surface area contributed by atoms with Gasteiger partial charge >= 0.3 is 0 Å². The lowest BCUT2D eigenvalue weighted by Gasteiger charge is -1.97. The summed E-state index contributed by atoms with van der Waals surface area (Å²) in [5.74, 6) is 0.914. The predicted molar refractivity (Wildman–Crippen MR) is 73.5 cm³/mol. The molecule has 0 saturated heterocycles. The van der Waals surface area contributed by atoms with Crippen LogP contribution >= 0.6 is 0 Å². The molecule has 0 heterocycles. The van der Waals surface area contributed by atoms with Crippen LogP contribution in [0.2, 0.25) is 0 Å². The molecule has 0 aliphatic heterocycles. The Kier molecular flexibility index (Phi) is 6.96. The molecule has 0 aromatic carbocycles. The van der Waals surface area contributed by atoms with Crippen molar-refractivity contribution in [2.75, 3.05) is 0 Å². The summed E-state index contributed by atoms with van der Waals surface area (Å²) in [6.45, 7) is 5.98. The highest BCUT2D eigenvalue weighted by Crippen LogP contribution is 2.37. The fourth-order valence-electron chi connectivity index (χ4n) is 2.00. The largest absolute Gasteiger partial charge is 0.0991 e. The van der Waals surface area contributed by atoms with E-state index in [1.807, 2.05) is 12.2 Å². The van der Waals surface area contributed by atoms with Gasteiger partial charge in [-0.15, -0.1) is 0 Å². The van der Waals surface area contributed by atoms with Gasteiger partial charge in [0, 0.05) is 0 Å². The minimum atomic E-state index is 0.914. The maximum absolute atomic E-state index is 3.66. The zero-order valence-corrected chi connectivity index (χ0v) is 10.8. The molecule has 0 nitrogen and oxygen atoms in total. The van der Waals surface area contributed by atoms with Crippen LogP contribution < -0.4 is 0 Å². The van der Waals surface area contributed by atoms with Crippen molar-refractivity contribution in [3.63, 3.8) is 0 Å². The van der Waals surface area contributed by atoms with Crippen LogP contribution in [0.5, 0.6) is 0 Å². The van der Waals surface area contributed by atoms with Gasteiger partial charge in [-0.25, -0.2) is 0 Å². The van der Waals surface area contributed by atoms with E-state index in [1.165, 1.54) is 51.4 Å². The molecule has 1 fully saturated rings. The van der Waals surface area contributed by atoms with Gasteiger partial charge in [0.05, 0.1) is 0 Å². The summed E-state index contributed by atoms with van der Waals surface area (Å²) in [7, 11) is 0. The Hall–Kier alpha value is -0.780. The van der Waals surface area contributed by atoms with Gasteiger partial charge in [-0.05, 0) is 38.0 Å². The highest BCUT2D eigenvalue weighted by molar-refractivity contribution is 5.21. The van der Waals surface area contributed by atoms with E-state index >= 15 is 0 Å². The molecule has 1 saturated carbocycles. The van der Waals surface area contributed by atoms with Gasteiger partial charge in [0.1, 0.15) is 0 Å². The van der Waals surface area contributed by atoms with Crippen molar-refractivity contribution in [3.05, 3.63) is 36.5 Å². The van der Waals surface area contributed by atoms with Crippen LogP contribution in [-0.2, 0) is 0 Å². The standard InChI is InChI=1S/C16H26/c1-3-4-5-6-7-8-9-10-11-12-13-16-14-15(16)2/h3-5,13,15H,1,6-12,14H2,2H3. The van der Waals surface area contributed by atoms with Gasteiger partial charge in [0.25, 0.3) is 0 Å². The molecule has 1 aliphatic rings. The van der Waals surface area contributed by atoms with Crippen LogP contribution in [0.25, 0.3) is 0 Å². The lowest BCUT2D eigenvalue weighted by molar-refractivity contribution is 0.621. The average molecular weight is 218 g/mol. The second kappa shape index (κ2) is 8.38. The van der Waals surface area contributed by atoms with E-state index < -0.39 is 0 Å². The van der Waals surface area contributed by atoms with Crippen molar-refractivity contribution in [1.29, 1.82) is 0 Å². The van der Waals surface area contributed by atoms with E-state index in [0.29, 0.717) is 0 Å². The van der Waals surface area contributed by atoms with E-state index in [-0.39, 0.29) is 0 Å². The Morgan fingerprint density at radius 1 is 1.12 bits per heavy atom. The SMILES string of the molecule is C=CC=CCCCCCCCC=C1CC1C. The molecule has 90 valence electrons. The molecular formula is C16H26. The van der Waals surface area contributed by atoms with Crippen molar-refractivity contribution in [3.8, 4) is 0 Å². The van der Waals surface area contributed by atoms with E-state index in [1.54, 1.807) is 5.57 Å². The van der Waals surface area contributed by atoms with Gasteiger partial charge in [-0.3, -0.25) is 0 Å². The molecule has 0 heteroatoms. The molecule has 0 spiro atoms. The topological polar surface area (TPSA) is 0 Å². The Bertz CT molecular complexity index is 245. The molecule has 0 aromatic heterocycles. The summed E-state index contributed by atoms with van der Waals surface area (Å²) in [4.78, 5) is 0. The van der Waals surface area contributed by atoms with Crippen molar-refractivity contribution in [2.45, 2.75) is 58.3 Å². The van der Waals surface area contributed by atoms with Crippen LogP contribution in [0.15, 0.2) is 36.5 Å². The molecule has 1 unspecified atom stereocenters. The van der Waals surface area contributed by atoms with Gasteiger partial charge in [-0.1, -0.05) is 62.6 Å². The molecule has 16 heavy (non-hydrogen) atoms. The normalized spacial score (nSPS) is 21.8. The first kappa shape index (κ1) is 13.3. The first-order valence-electron chi connectivity index (χ1n) is 6.81. The zero-order valence-electron chi connectivity index (χ0n) is 10.8. The van der Waals surface area contributed by atoms with Crippen molar-refractivity contribution >= 4 is 0 Å². The first-order valence-corrected chi connectivity index (χ1v) is 6.81. The second-order valence-electron chi connectivity index (χ2n) is 4.89. The monoisotopic (exact) mass is 218 g/mol. The van der Waals surface area contributed by atoms with Crippen LogP contribution in [0, 0.1) is 5.92 Å². The number of rotatable bonds is 9. The van der Waals surface area contributed by atoms with Crippen LogP contribution in [0.3, 0.4) is 0 Å². The number of unbranched alkanes of at least 4 members (excludes halogenated alkanes) is 6. The first-order chi connectivity index (χ1) is 7.84. The summed E-state index contributed by atoms with van der Waals surface area (Å²) in [5.41, 5.74) is 1.70. The van der Waals surface area contributed by atoms with Crippen LogP contribution in [0.1, 0.15) is 58.3 Å². The summed E-state index contributed by atoms with van der Waals surface area (Å²) in [6, 6.07) is 0. The highest BCUT2D eigenvalue weighted by Gasteiger charge is 2.22. The Balaban J connectivity index is 1.78. The second-order valence-corrected chi connectivity index (χ2v) is 4.89. The molecular weight excluding hydrogens is 192 g/mol. The third-order valence-electron chi connectivity index (χ3n) is 3.27. The third-order valence-corrected chi connectivity index (χ3v) is 3.27. The fraction of sp³-hybridized carbons (Fsp3) is 0.625. The molecule has 0 aromatic rings. The van der Waals surface area contributed by atoms with Gasteiger partial charge < -0.3 is 0 Å². The van der Waals surface area contributed by atoms with Crippen LogP contribution in [-0.4, -0.2) is 0 Å². The number of allylic oxidation sites excluding steroid dienone is 5. The van der Waals surface area contributed by atoms with Crippen LogP contribution in [0.4, 0.5) is 0 Å². The minimum absolute atomic E-state index is 0.914. The maximum Gasteiger partial charge on any atom is -0.0194 e. The molecule has 0 radical (unpaired) electrons. The Morgan fingerprint density at radius 3 is 2.38 bits per heavy atom. The quantitative estimate of drug-likeness (QED) is 0.275. The summed E-state index contributed by atoms with van der Waals surface area (Å²) in [6.07, 6.45) is 19.4. The smallest absolute Gasteiger partial charge is 0.0194 e. The molecule has 0 amide bonds. The molecule has 1 atom stereocenters. The molecule has 0 N–H and O–H groups in total. The highest BCUT2D eigenvalue weighted by atomic mass is 14.3. The van der Waals surface area contributed by atoms with Gasteiger partial charge in [0.2, 0.25) is 0 Å². The summed E-state index contributed by atoms with van der Waals surface area (Å²) >= 11 is 0. The summed E-state index contributed by atoms with van der Waals surface area (Å²) in [5, 5.41) is 0. The summed E-state index contributed by atoms with van der Waals surface area (Å²) < 4.78 is 0. The lowest BCUT2D eigenvalue weighted by Crippen LogP contribution is -1.78. The lowest BCUT2D eigenvalue weighted by atomic mass is 10.1. The fourth-order valence-corrected chi connectivity index (χ4v) is 2.00. The van der Waals surface area contributed by atoms with E-state index in [9.17, 15) is 0 Å². The minimum Gasteiger partial charge on any atom is -0.0991 e. The van der Waals surface area contributed by atoms with Crippen molar-refractivity contribution in [1.82, 2.24) is 0 Å². The molecule has 0 bridgehead atoms. The van der Waals surface area contributed by atoms with Gasteiger partial charge in [-0.2, -0.15) is 0 Å². The van der Waals surface area contributed by atoms with Crippen molar-refractivity contribution < 1.29 is 0 Å².